The predicted octanol–water partition coefficient (Wildman–Crippen LogP) is 2.71. The predicted molar refractivity (Wildman–Crippen MR) is 74.7 cm³/mol. The first-order valence-corrected chi connectivity index (χ1v) is 6.70. The first kappa shape index (κ1) is 15.5. The van der Waals surface area contributed by atoms with Crippen LogP contribution in [-0.2, 0) is 11.3 Å². The first-order chi connectivity index (χ1) is 9.08. The second kappa shape index (κ2) is 8.53. The Labute approximate surface area is 114 Å². The summed E-state index contributed by atoms with van der Waals surface area (Å²) in [7, 11) is 0. The van der Waals surface area contributed by atoms with Crippen molar-refractivity contribution in [2.45, 2.75) is 39.4 Å². The van der Waals surface area contributed by atoms with E-state index in [4.69, 9.17) is 4.74 Å². The van der Waals surface area contributed by atoms with Gasteiger partial charge in [0.1, 0.15) is 6.61 Å². The third kappa shape index (κ3) is 7.47. The maximum absolute atomic E-state index is 11.4. The van der Waals surface area contributed by atoms with Gasteiger partial charge in [-0.05, 0) is 24.3 Å². The zero-order valence-electron chi connectivity index (χ0n) is 11.6. The Morgan fingerprint density at radius 3 is 2.58 bits per heavy atom. The molecule has 0 saturated carbocycles. The first-order valence-electron chi connectivity index (χ1n) is 6.70. The van der Waals surface area contributed by atoms with Crippen molar-refractivity contribution in [1.29, 1.82) is 0 Å². The molecular weight excluding hydrogens is 242 g/mol. The van der Waals surface area contributed by atoms with Crippen LogP contribution in [0.1, 0.15) is 32.3 Å². The fourth-order valence-electron chi connectivity index (χ4n) is 1.60. The van der Waals surface area contributed by atoms with Crippen molar-refractivity contribution in [2.75, 3.05) is 6.54 Å². The largest absolute Gasteiger partial charge is 0.445 e. The van der Waals surface area contributed by atoms with Crippen LogP contribution in [0.2, 0.25) is 0 Å². The van der Waals surface area contributed by atoms with Gasteiger partial charge in [0, 0.05) is 6.54 Å². The van der Waals surface area contributed by atoms with Crippen LogP contribution >= 0.6 is 0 Å². The van der Waals surface area contributed by atoms with Gasteiger partial charge in [-0.2, -0.15) is 0 Å². The van der Waals surface area contributed by atoms with Crippen molar-refractivity contribution in [3.8, 4) is 0 Å². The number of carbonyl (C=O) groups excluding carboxylic acids is 1. The Morgan fingerprint density at radius 2 is 1.95 bits per heavy atom. The molecule has 106 valence electrons. The van der Waals surface area contributed by atoms with Crippen molar-refractivity contribution in [3.63, 3.8) is 0 Å². The van der Waals surface area contributed by atoms with Gasteiger partial charge in [0.2, 0.25) is 0 Å². The second-order valence-corrected chi connectivity index (χ2v) is 5.07. The van der Waals surface area contributed by atoms with Crippen LogP contribution < -0.4 is 5.32 Å². The van der Waals surface area contributed by atoms with Gasteiger partial charge < -0.3 is 15.2 Å². The molecule has 1 aromatic rings. The third-order valence-corrected chi connectivity index (χ3v) is 2.77. The number of hydrogen-bond acceptors (Lipinski definition) is 3. The minimum Gasteiger partial charge on any atom is -0.445 e. The van der Waals surface area contributed by atoms with E-state index < -0.39 is 12.2 Å². The van der Waals surface area contributed by atoms with Crippen LogP contribution in [0.5, 0.6) is 0 Å². The highest BCUT2D eigenvalue weighted by Crippen LogP contribution is 2.06. The highest BCUT2D eigenvalue weighted by atomic mass is 16.5. The number of benzene rings is 1. The van der Waals surface area contributed by atoms with Crippen molar-refractivity contribution in [2.24, 2.45) is 5.92 Å². The lowest BCUT2D eigenvalue weighted by molar-refractivity contribution is 0.121. The molecule has 19 heavy (non-hydrogen) atoms. The maximum atomic E-state index is 11.4. The molecule has 1 amide bonds. The molecule has 4 nitrogen and oxygen atoms in total. The van der Waals surface area contributed by atoms with Gasteiger partial charge in [-0.1, -0.05) is 44.2 Å². The zero-order valence-corrected chi connectivity index (χ0v) is 11.6. The highest BCUT2D eigenvalue weighted by molar-refractivity contribution is 5.67. The summed E-state index contributed by atoms with van der Waals surface area (Å²) in [5.41, 5.74) is 0.943. The molecule has 1 unspecified atom stereocenters. The maximum Gasteiger partial charge on any atom is 0.407 e. The van der Waals surface area contributed by atoms with Crippen LogP contribution in [-0.4, -0.2) is 23.8 Å². The minimum absolute atomic E-state index is 0.236. The molecule has 0 aliphatic heterocycles. The normalized spacial score (nSPS) is 12.2. The lowest BCUT2D eigenvalue weighted by Crippen LogP contribution is -2.32. The van der Waals surface area contributed by atoms with Crippen LogP contribution in [0.25, 0.3) is 0 Å². The molecule has 1 aromatic carbocycles. The quantitative estimate of drug-likeness (QED) is 0.797. The number of ether oxygens (including phenoxy) is 1. The van der Waals surface area contributed by atoms with Gasteiger partial charge >= 0.3 is 6.09 Å². The Kier molecular flexibility index (Phi) is 6.97. The van der Waals surface area contributed by atoms with E-state index in [0.29, 0.717) is 12.3 Å². The van der Waals surface area contributed by atoms with Crippen molar-refractivity contribution in [3.05, 3.63) is 35.9 Å². The van der Waals surface area contributed by atoms with Gasteiger partial charge in [-0.25, -0.2) is 4.79 Å². The highest BCUT2D eigenvalue weighted by Gasteiger charge is 2.08. The number of aliphatic hydroxyl groups excluding tert-OH is 1. The lowest BCUT2D eigenvalue weighted by Gasteiger charge is -2.13. The van der Waals surface area contributed by atoms with Crippen LogP contribution in [0.3, 0.4) is 0 Å². The SMILES string of the molecule is CC(C)CCC(O)CNC(=O)OCc1ccccc1. The summed E-state index contributed by atoms with van der Waals surface area (Å²) in [6.45, 7) is 4.69. The number of carbonyl (C=O) groups is 1. The summed E-state index contributed by atoms with van der Waals surface area (Å²) in [6, 6.07) is 9.49. The number of hydrogen-bond donors (Lipinski definition) is 2. The van der Waals surface area contributed by atoms with Gasteiger partial charge in [0.15, 0.2) is 0 Å². The van der Waals surface area contributed by atoms with Crippen LogP contribution in [0, 0.1) is 5.92 Å². The molecular formula is C15H23NO3. The Morgan fingerprint density at radius 1 is 1.26 bits per heavy atom. The van der Waals surface area contributed by atoms with E-state index in [1.807, 2.05) is 30.3 Å². The van der Waals surface area contributed by atoms with E-state index in [9.17, 15) is 9.90 Å². The van der Waals surface area contributed by atoms with Crippen LogP contribution in [0.15, 0.2) is 30.3 Å². The monoisotopic (exact) mass is 265 g/mol. The van der Waals surface area contributed by atoms with Crippen molar-refractivity contribution >= 4 is 6.09 Å². The molecule has 4 heteroatoms. The van der Waals surface area contributed by atoms with E-state index in [1.165, 1.54) is 0 Å². The molecule has 1 atom stereocenters. The molecule has 0 spiro atoms. The molecule has 0 saturated heterocycles. The van der Waals surface area contributed by atoms with E-state index in [1.54, 1.807) is 0 Å². The third-order valence-electron chi connectivity index (χ3n) is 2.77. The summed E-state index contributed by atoms with van der Waals surface area (Å²) in [6.07, 6.45) is 0.637. The molecule has 0 fully saturated rings. The van der Waals surface area contributed by atoms with Gasteiger partial charge in [-0.3, -0.25) is 0 Å². The number of amides is 1. The fraction of sp³-hybridized carbons (Fsp3) is 0.533. The fourth-order valence-corrected chi connectivity index (χ4v) is 1.60. The van der Waals surface area contributed by atoms with E-state index >= 15 is 0 Å². The number of rotatable bonds is 7. The number of aliphatic hydroxyl groups is 1. The molecule has 0 aromatic heterocycles. The Balaban J connectivity index is 2.14. The Bertz CT molecular complexity index is 365. The second-order valence-electron chi connectivity index (χ2n) is 5.07. The zero-order chi connectivity index (χ0) is 14.1. The molecule has 0 radical (unpaired) electrons. The summed E-state index contributed by atoms with van der Waals surface area (Å²) < 4.78 is 5.04. The molecule has 2 N–H and O–H groups in total. The summed E-state index contributed by atoms with van der Waals surface area (Å²) in [5, 5.41) is 12.2. The van der Waals surface area contributed by atoms with Gasteiger partial charge in [0.05, 0.1) is 6.10 Å². The summed E-state index contributed by atoms with van der Waals surface area (Å²) >= 11 is 0. The summed E-state index contributed by atoms with van der Waals surface area (Å²) in [5.74, 6) is 0.555. The molecule has 0 aliphatic rings. The van der Waals surface area contributed by atoms with Crippen LogP contribution in [0.4, 0.5) is 4.79 Å². The standard InChI is InChI=1S/C15H23NO3/c1-12(2)8-9-14(17)10-16-15(18)19-11-13-6-4-3-5-7-13/h3-7,12,14,17H,8-11H2,1-2H3,(H,16,18). The molecule has 0 heterocycles. The molecule has 0 aliphatic carbocycles. The lowest BCUT2D eigenvalue weighted by atomic mass is 10.1. The van der Waals surface area contributed by atoms with Gasteiger partial charge in [0.25, 0.3) is 0 Å². The number of nitrogens with one attached hydrogen (secondary N) is 1. The minimum atomic E-state index is -0.508. The average Bonchev–Trinajstić information content (AvgIpc) is 2.41. The number of alkyl carbamates (subject to hydrolysis) is 1. The Hall–Kier alpha value is -1.55. The molecule has 0 bridgehead atoms. The van der Waals surface area contributed by atoms with Crippen molar-refractivity contribution in [1.82, 2.24) is 5.32 Å². The van der Waals surface area contributed by atoms with Crippen molar-refractivity contribution < 1.29 is 14.6 Å². The average molecular weight is 265 g/mol. The smallest absolute Gasteiger partial charge is 0.407 e. The topological polar surface area (TPSA) is 58.6 Å². The summed E-state index contributed by atoms with van der Waals surface area (Å²) in [4.78, 5) is 11.4. The van der Waals surface area contributed by atoms with E-state index in [2.05, 4.69) is 19.2 Å². The molecule has 1 rings (SSSR count). The van der Waals surface area contributed by atoms with Gasteiger partial charge in [-0.15, -0.1) is 0 Å². The van der Waals surface area contributed by atoms with E-state index in [0.717, 1.165) is 12.0 Å². The van der Waals surface area contributed by atoms with E-state index in [-0.39, 0.29) is 13.2 Å².